The van der Waals surface area contributed by atoms with Crippen molar-refractivity contribution in [1.29, 1.82) is 0 Å². The van der Waals surface area contributed by atoms with Crippen LogP contribution in [0.25, 0.3) is 0 Å². The van der Waals surface area contributed by atoms with Gasteiger partial charge in [0, 0.05) is 13.0 Å². The molecule has 0 aromatic carbocycles. The fourth-order valence-corrected chi connectivity index (χ4v) is 1.31. The van der Waals surface area contributed by atoms with Gasteiger partial charge in [0.05, 0.1) is 5.56 Å². The first-order valence-corrected chi connectivity index (χ1v) is 4.93. The predicted molar refractivity (Wildman–Crippen MR) is 55.9 cm³/mol. The Hall–Kier alpha value is -2.11. The minimum atomic E-state index is -0.142. The fraction of sp³-hybridized carbons (Fsp3) is 0.300. The molecule has 6 heteroatoms. The van der Waals surface area contributed by atoms with Crippen LogP contribution in [0.1, 0.15) is 21.9 Å². The normalized spacial score (nSPS) is 10.3. The van der Waals surface area contributed by atoms with E-state index in [1.165, 1.54) is 12.6 Å². The van der Waals surface area contributed by atoms with Crippen LogP contribution < -0.4 is 5.32 Å². The molecule has 0 unspecified atom stereocenters. The number of rotatable bonds is 4. The van der Waals surface area contributed by atoms with Gasteiger partial charge in [0.25, 0.3) is 5.91 Å². The van der Waals surface area contributed by atoms with Gasteiger partial charge in [0.1, 0.15) is 24.2 Å². The van der Waals surface area contributed by atoms with Crippen molar-refractivity contribution in [3.8, 4) is 0 Å². The van der Waals surface area contributed by atoms with Gasteiger partial charge in [0.15, 0.2) is 0 Å². The number of amides is 1. The van der Waals surface area contributed by atoms with Crippen LogP contribution in [0, 0.1) is 6.92 Å². The first-order chi connectivity index (χ1) is 7.75. The number of aromatic amines is 1. The number of furan rings is 1. The summed E-state index contributed by atoms with van der Waals surface area (Å²) in [5, 5.41) is 9.21. The highest BCUT2D eigenvalue weighted by molar-refractivity contribution is 5.93. The lowest BCUT2D eigenvalue weighted by Gasteiger charge is -2.00. The number of carbonyl (C=O) groups is 1. The van der Waals surface area contributed by atoms with E-state index in [2.05, 4.69) is 20.5 Å². The fourth-order valence-electron chi connectivity index (χ4n) is 1.31. The molecule has 2 aromatic rings. The van der Waals surface area contributed by atoms with Crippen LogP contribution >= 0.6 is 0 Å². The Morgan fingerprint density at radius 2 is 2.50 bits per heavy atom. The molecule has 0 saturated carbocycles. The number of hydrogen-bond acceptors (Lipinski definition) is 4. The van der Waals surface area contributed by atoms with Crippen LogP contribution in [0.3, 0.4) is 0 Å². The number of aromatic nitrogens is 3. The maximum atomic E-state index is 11.6. The maximum absolute atomic E-state index is 11.6. The molecule has 1 amide bonds. The molecule has 2 heterocycles. The number of hydrogen-bond donors (Lipinski definition) is 2. The average Bonchev–Trinajstić information content (AvgIpc) is 2.89. The molecule has 0 spiro atoms. The highest BCUT2D eigenvalue weighted by atomic mass is 16.3. The molecule has 84 valence electrons. The Kier molecular flexibility index (Phi) is 3.00. The van der Waals surface area contributed by atoms with Crippen LogP contribution in [0.5, 0.6) is 0 Å². The molecular formula is C10H12N4O2. The monoisotopic (exact) mass is 220 g/mol. The van der Waals surface area contributed by atoms with Gasteiger partial charge in [0.2, 0.25) is 0 Å². The molecule has 0 bridgehead atoms. The predicted octanol–water partition coefficient (Wildman–Crippen LogP) is 0.679. The Balaban J connectivity index is 1.80. The van der Waals surface area contributed by atoms with Gasteiger partial charge in [-0.15, -0.1) is 0 Å². The van der Waals surface area contributed by atoms with Crippen molar-refractivity contribution < 1.29 is 9.21 Å². The van der Waals surface area contributed by atoms with Crippen molar-refractivity contribution in [2.45, 2.75) is 13.3 Å². The standard InChI is InChI=1S/C10H12N4O2/c1-7-4-8(5-16-7)10(15)11-3-2-9-12-6-13-14-9/h4-6H,2-3H2,1H3,(H,11,15)(H,12,13,14). The van der Waals surface area contributed by atoms with Gasteiger partial charge in [-0.3, -0.25) is 9.89 Å². The molecule has 2 aromatic heterocycles. The smallest absolute Gasteiger partial charge is 0.254 e. The van der Waals surface area contributed by atoms with E-state index in [0.29, 0.717) is 18.5 Å². The van der Waals surface area contributed by atoms with E-state index in [1.54, 1.807) is 13.0 Å². The summed E-state index contributed by atoms with van der Waals surface area (Å²) in [5.74, 6) is 1.33. The molecule has 0 radical (unpaired) electrons. The largest absolute Gasteiger partial charge is 0.469 e. The van der Waals surface area contributed by atoms with E-state index < -0.39 is 0 Å². The summed E-state index contributed by atoms with van der Waals surface area (Å²) in [6.07, 6.45) is 3.51. The molecule has 0 aliphatic carbocycles. The topological polar surface area (TPSA) is 83.8 Å². The van der Waals surface area contributed by atoms with Crippen LogP contribution in [-0.4, -0.2) is 27.6 Å². The lowest BCUT2D eigenvalue weighted by atomic mass is 10.3. The van der Waals surface area contributed by atoms with Gasteiger partial charge < -0.3 is 9.73 Å². The van der Waals surface area contributed by atoms with Crippen molar-refractivity contribution in [1.82, 2.24) is 20.5 Å². The molecule has 2 N–H and O–H groups in total. The number of nitrogens with zero attached hydrogens (tertiary/aromatic N) is 2. The van der Waals surface area contributed by atoms with Crippen molar-refractivity contribution in [2.24, 2.45) is 0 Å². The summed E-state index contributed by atoms with van der Waals surface area (Å²) >= 11 is 0. The summed E-state index contributed by atoms with van der Waals surface area (Å²) in [7, 11) is 0. The Morgan fingerprint density at radius 3 is 3.12 bits per heavy atom. The third kappa shape index (κ3) is 2.47. The molecule has 0 aliphatic heterocycles. The second kappa shape index (κ2) is 4.61. The third-order valence-corrected chi connectivity index (χ3v) is 2.11. The van der Waals surface area contributed by atoms with Gasteiger partial charge >= 0.3 is 0 Å². The molecule has 0 atom stereocenters. The summed E-state index contributed by atoms with van der Waals surface area (Å²) in [5.41, 5.74) is 0.537. The molecule has 6 nitrogen and oxygen atoms in total. The van der Waals surface area contributed by atoms with Crippen molar-refractivity contribution in [2.75, 3.05) is 6.54 Å². The quantitative estimate of drug-likeness (QED) is 0.793. The summed E-state index contributed by atoms with van der Waals surface area (Å²) < 4.78 is 5.05. The third-order valence-electron chi connectivity index (χ3n) is 2.11. The summed E-state index contributed by atoms with van der Waals surface area (Å²) in [4.78, 5) is 15.5. The molecular weight excluding hydrogens is 208 g/mol. The number of aryl methyl sites for hydroxylation is 1. The first kappa shape index (κ1) is 10.4. The summed E-state index contributed by atoms with van der Waals surface area (Å²) in [6.45, 7) is 2.31. The second-order valence-corrected chi connectivity index (χ2v) is 3.38. The molecule has 2 rings (SSSR count). The zero-order chi connectivity index (χ0) is 11.4. The highest BCUT2D eigenvalue weighted by Crippen LogP contribution is 2.05. The number of nitrogens with one attached hydrogen (secondary N) is 2. The minimum absolute atomic E-state index is 0.142. The van der Waals surface area contributed by atoms with Crippen LogP contribution in [0.2, 0.25) is 0 Å². The Morgan fingerprint density at radius 1 is 1.62 bits per heavy atom. The second-order valence-electron chi connectivity index (χ2n) is 3.38. The lowest BCUT2D eigenvalue weighted by Crippen LogP contribution is -2.25. The van der Waals surface area contributed by atoms with E-state index in [-0.39, 0.29) is 5.91 Å². The van der Waals surface area contributed by atoms with Crippen LogP contribution in [-0.2, 0) is 6.42 Å². The first-order valence-electron chi connectivity index (χ1n) is 4.93. The Labute approximate surface area is 92.1 Å². The molecule has 0 aliphatic rings. The van der Waals surface area contributed by atoms with E-state index in [9.17, 15) is 4.79 Å². The molecule has 16 heavy (non-hydrogen) atoms. The zero-order valence-corrected chi connectivity index (χ0v) is 8.86. The highest BCUT2D eigenvalue weighted by Gasteiger charge is 2.07. The van der Waals surface area contributed by atoms with E-state index in [0.717, 1.165) is 11.6 Å². The van der Waals surface area contributed by atoms with Gasteiger partial charge in [-0.2, -0.15) is 5.10 Å². The van der Waals surface area contributed by atoms with E-state index in [4.69, 9.17) is 4.42 Å². The summed E-state index contributed by atoms with van der Waals surface area (Å²) in [6, 6.07) is 1.70. The number of H-pyrrole nitrogens is 1. The van der Waals surface area contributed by atoms with Gasteiger partial charge in [-0.25, -0.2) is 4.98 Å². The maximum Gasteiger partial charge on any atom is 0.254 e. The van der Waals surface area contributed by atoms with Gasteiger partial charge in [-0.1, -0.05) is 0 Å². The van der Waals surface area contributed by atoms with Crippen molar-refractivity contribution in [3.63, 3.8) is 0 Å². The van der Waals surface area contributed by atoms with Crippen molar-refractivity contribution in [3.05, 3.63) is 35.8 Å². The van der Waals surface area contributed by atoms with Gasteiger partial charge in [-0.05, 0) is 13.0 Å². The van der Waals surface area contributed by atoms with Crippen LogP contribution in [0.4, 0.5) is 0 Å². The minimum Gasteiger partial charge on any atom is -0.469 e. The van der Waals surface area contributed by atoms with E-state index >= 15 is 0 Å². The molecule has 0 saturated heterocycles. The lowest BCUT2D eigenvalue weighted by molar-refractivity contribution is 0.0953. The van der Waals surface area contributed by atoms with E-state index in [1.807, 2.05) is 0 Å². The average molecular weight is 220 g/mol. The molecule has 0 fully saturated rings. The SMILES string of the molecule is Cc1cc(C(=O)NCCc2ncn[nH]2)co1. The Bertz CT molecular complexity index is 461. The number of carbonyl (C=O) groups excluding carboxylic acids is 1. The van der Waals surface area contributed by atoms with Crippen LogP contribution in [0.15, 0.2) is 23.1 Å². The van der Waals surface area contributed by atoms with Crippen molar-refractivity contribution >= 4 is 5.91 Å². The zero-order valence-electron chi connectivity index (χ0n) is 8.86.